The van der Waals surface area contributed by atoms with E-state index in [0.717, 1.165) is 18.4 Å². The number of hydrogen-bond donors (Lipinski definition) is 1. The van der Waals surface area contributed by atoms with Crippen LogP contribution in [0, 0.1) is 5.82 Å². The van der Waals surface area contributed by atoms with Gasteiger partial charge < -0.3 is 5.32 Å². The first kappa shape index (κ1) is 16.8. The van der Waals surface area contributed by atoms with Gasteiger partial charge in [-0.1, -0.05) is 54.2 Å². The molecule has 0 saturated heterocycles. The Morgan fingerprint density at radius 3 is 2.62 bits per heavy atom. The lowest BCUT2D eigenvalue weighted by Gasteiger charge is -2.17. The molecule has 3 aromatic rings. The van der Waals surface area contributed by atoms with E-state index in [1.54, 1.807) is 22.8 Å². The molecule has 0 radical (unpaired) electrons. The highest BCUT2D eigenvalue weighted by atomic mass is 32.2. The van der Waals surface area contributed by atoms with Crippen LogP contribution in [-0.4, -0.2) is 26.7 Å². The second-order valence-electron chi connectivity index (χ2n) is 6.13. The van der Waals surface area contributed by atoms with Crippen molar-refractivity contribution in [2.45, 2.75) is 29.3 Å². The van der Waals surface area contributed by atoms with Crippen molar-refractivity contribution in [1.29, 1.82) is 0 Å². The number of benzene rings is 2. The van der Waals surface area contributed by atoms with Crippen molar-refractivity contribution >= 4 is 17.7 Å². The number of amides is 1. The monoisotopic (exact) mass is 368 g/mol. The van der Waals surface area contributed by atoms with Crippen LogP contribution < -0.4 is 5.32 Å². The Hall–Kier alpha value is -2.67. The summed E-state index contributed by atoms with van der Waals surface area (Å²) >= 11 is 1.27. The number of aromatic nitrogens is 3. The molecule has 1 atom stereocenters. The number of nitrogens with one attached hydrogen (secondary N) is 1. The number of carbonyl (C=O) groups is 1. The highest BCUT2D eigenvalue weighted by Gasteiger charge is 2.30. The molecule has 1 saturated carbocycles. The third-order valence-electron chi connectivity index (χ3n) is 4.12. The standard InChI is InChI=1S/C19H17FN4OS/c20-15-8-4-5-9-16(15)24-12-21-23-19(24)26-17(13-6-2-1-3-7-13)18(25)22-14-10-11-14/h1-9,12,14,17H,10-11H2,(H,22,25)/t17-/m1/s1. The second-order valence-corrected chi connectivity index (χ2v) is 7.20. The molecule has 26 heavy (non-hydrogen) atoms. The first-order valence-electron chi connectivity index (χ1n) is 8.39. The quantitative estimate of drug-likeness (QED) is 0.677. The number of nitrogens with zero attached hydrogens (tertiary/aromatic N) is 3. The Morgan fingerprint density at radius 1 is 1.15 bits per heavy atom. The van der Waals surface area contributed by atoms with Gasteiger partial charge in [0.05, 0.1) is 5.69 Å². The molecule has 1 aliphatic rings. The van der Waals surface area contributed by atoms with Gasteiger partial charge in [-0.3, -0.25) is 9.36 Å². The summed E-state index contributed by atoms with van der Waals surface area (Å²) in [6, 6.07) is 16.2. The minimum atomic E-state index is -0.480. The molecule has 1 amide bonds. The predicted molar refractivity (Wildman–Crippen MR) is 97.5 cm³/mol. The molecule has 2 aromatic carbocycles. The number of para-hydroxylation sites is 1. The first-order chi connectivity index (χ1) is 12.7. The maximum atomic E-state index is 14.2. The molecule has 0 spiro atoms. The Kier molecular flexibility index (Phi) is 4.71. The predicted octanol–water partition coefficient (Wildman–Crippen LogP) is 3.52. The summed E-state index contributed by atoms with van der Waals surface area (Å²) in [5.41, 5.74) is 1.23. The van der Waals surface area contributed by atoms with Gasteiger partial charge in [-0.15, -0.1) is 10.2 Å². The fraction of sp³-hybridized carbons (Fsp3) is 0.211. The number of thioether (sulfide) groups is 1. The van der Waals surface area contributed by atoms with Crippen LogP contribution >= 0.6 is 11.8 Å². The Bertz CT molecular complexity index is 911. The number of halogens is 1. The molecule has 0 aliphatic heterocycles. The molecule has 1 heterocycles. The van der Waals surface area contributed by atoms with E-state index in [2.05, 4.69) is 15.5 Å². The van der Waals surface area contributed by atoms with E-state index in [0.29, 0.717) is 10.8 Å². The zero-order chi connectivity index (χ0) is 17.9. The van der Waals surface area contributed by atoms with E-state index in [4.69, 9.17) is 0 Å². The molecular weight excluding hydrogens is 351 g/mol. The zero-order valence-corrected chi connectivity index (χ0v) is 14.7. The van der Waals surface area contributed by atoms with Crippen molar-refractivity contribution in [2.75, 3.05) is 0 Å². The van der Waals surface area contributed by atoms with Crippen LogP contribution in [0.15, 0.2) is 66.1 Å². The van der Waals surface area contributed by atoms with E-state index in [-0.39, 0.29) is 17.8 Å². The average molecular weight is 368 g/mol. The van der Waals surface area contributed by atoms with Crippen molar-refractivity contribution in [3.63, 3.8) is 0 Å². The normalized spacial score (nSPS) is 14.8. The minimum absolute atomic E-state index is 0.0632. The lowest BCUT2D eigenvalue weighted by molar-refractivity contribution is -0.120. The lowest BCUT2D eigenvalue weighted by Crippen LogP contribution is -2.29. The fourth-order valence-electron chi connectivity index (χ4n) is 2.63. The molecule has 5 nitrogen and oxygen atoms in total. The molecule has 132 valence electrons. The molecule has 4 rings (SSSR count). The second kappa shape index (κ2) is 7.29. The Morgan fingerprint density at radius 2 is 1.88 bits per heavy atom. The SMILES string of the molecule is O=C(NC1CC1)[C@H](Sc1nncn1-c1ccccc1F)c1ccccc1. The van der Waals surface area contributed by atoms with Crippen molar-refractivity contribution in [3.05, 3.63) is 72.3 Å². The van der Waals surface area contributed by atoms with Gasteiger partial charge in [0.25, 0.3) is 0 Å². The van der Waals surface area contributed by atoms with Crippen LogP contribution in [0.25, 0.3) is 5.69 Å². The fourth-order valence-corrected chi connectivity index (χ4v) is 3.66. The van der Waals surface area contributed by atoms with Gasteiger partial charge >= 0.3 is 0 Å². The number of rotatable bonds is 6. The molecule has 1 aliphatic carbocycles. The summed E-state index contributed by atoms with van der Waals surface area (Å²) in [6.07, 6.45) is 3.49. The van der Waals surface area contributed by atoms with Gasteiger partial charge in [0.2, 0.25) is 5.91 Å². The maximum absolute atomic E-state index is 14.2. The summed E-state index contributed by atoms with van der Waals surface area (Å²) in [6.45, 7) is 0. The van der Waals surface area contributed by atoms with Crippen LogP contribution in [-0.2, 0) is 4.79 Å². The van der Waals surface area contributed by atoms with Crippen LogP contribution in [0.4, 0.5) is 4.39 Å². The molecule has 1 aromatic heterocycles. The van der Waals surface area contributed by atoms with Crippen LogP contribution in [0.3, 0.4) is 0 Å². The maximum Gasteiger partial charge on any atom is 0.238 e. The van der Waals surface area contributed by atoms with Crippen LogP contribution in [0.1, 0.15) is 23.7 Å². The molecule has 1 N–H and O–H groups in total. The zero-order valence-electron chi connectivity index (χ0n) is 13.9. The highest BCUT2D eigenvalue weighted by Crippen LogP contribution is 2.36. The van der Waals surface area contributed by atoms with Crippen molar-refractivity contribution in [2.24, 2.45) is 0 Å². The Labute approximate surface area is 154 Å². The third-order valence-corrected chi connectivity index (χ3v) is 5.33. The van der Waals surface area contributed by atoms with Crippen molar-refractivity contribution in [3.8, 4) is 5.69 Å². The van der Waals surface area contributed by atoms with E-state index in [1.165, 1.54) is 24.2 Å². The van der Waals surface area contributed by atoms with Crippen LogP contribution in [0.5, 0.6) is 0 Å². The van der Waals surface area contributed by atoms with Crippen LogP contribution in [0.2, 0.25) is 0 Å². The largest absolute Gasteiger partial charge is 0.352 e. The molecule has 0 bridgehead atoms. The summed E-state index contributed by atoms with van der Waals surface area (Å²) in [4.78, 5) is 12.8. The van der Waals surface area contributed by atoms with Gasteiger partial charge in [0.15, 0.2) is 5.16 Å². The molecule has 0 unspecified atom stereocenters. The highest BCUT2D eigenvalue weighted by molar-refractivity contribution is 8.00. The summed E-state index contributed by atoms with van der Waals surface area (Å²) in [5, 5.41) is 11.0. The van der Waals surface area contributed by atoms with Crippen molar-refractivity contribution < 1.29 is 9.18 Å². The van der Waals surface area contributed by atoms with E-state index >= 15 is 0 Å². The summed E-state index contributed by atoms with van der Waals surface area (Å²) < 4.78 is 15.7. The summed E-state index contributed by atoms with van der Waals surface area (Å²) in [7, 11) is 0. The van der Waals surface area contributed by atoms with Gasteiger partial charge in [0, 0.05) is 6.04 Å². The third kappa shape index (κ3) is 3.62. The van der Waals surface area contributed by atoms with Gasteiger partial charge in [-0.2, -0.15) is 0 Å². The van der Waals surface area contributed by atoms with Gasteiger partial charge in [-0.05, 0) is 30.5 Å². The smallest absolute Gasteiger partial charge is 0.238 e. The number of hydrogen-bond acceptors (Lipinski definition) is 4. The van der Waals surface area contributed by atoms with E-state index in [9.17, 15) is 9.18 Å². The Balaban J connectivity index is 1.65. The summed E-state index contributed by atoms with van der Waals surface area (Å²) in [5.74, 6) is -0.431. The first-order valence-corrected chi connectivity index (χ1v) is 9.27. The van der Waals surface area contributed by atoms with Gasteiger partial charge in [0.1, 0.15) is 17.4 Å². The van der Waals surface area contributed by atoms with Gasteiger partial charge in [-0.25, -0.2) is 4.39 Å². The van der Waals surface area contributed by atoms with E-state index in [1.807, 2.05) is 30.3 Å². The molecule has 7 heteroatoms. The van der Waals surface area contributed by atoms with E-state index < -0.39 is 5.25 Å². The number of carbonyl (C=O) groups excluding carboxylic acids is 1. The molecular formula is C19H17FN4OS. The van der Waals surface area contributed by atoms with Crippen molar-refractivity contribution in [1.82, 2.24) is 20.1 Å². The topological polar surface area (TPSA) is 59.8 Å². The molecule has 1 fully saturated rings. The average Bonchev–Trinajstić information content (AvgIpc) is 3.35. The minimum Gasteiger partial charge on any atom is -0.352 e. The lowest BCUT2D eigenvalue weighted by atomic mass is 10.1.